The summed E-state index contributed by atoms with van der Waals surface area (Å²) in [6, 6.07) is 4.80. The zero-order valence-electron chi connectivity index (χ0n) is 15.8. The van der Waals surface area contributed by atoms with E-state index in [1.165, 1.54) is 11.0 Å². The van der Waals surface area contributed by atoms with E-state index in [9.17, 15) is 17.8 Å². The Morgan fingerprint density at radius 1 is 1.16 bits per heavy atom. The van der Waals surface area contributed by atoms with Crippen molar-refractivity contribution in [3.63, 3.8) is 0 Å². The highest BCUT2D eigenvalue weighted by Crippen LogP contribution is 2.64. The molecule has 0 bridgehead atoms. The molecular formula is C17H26NO5PS. The molecule has 1 amide bonds. The van der Waals surface area contributed by atoms with Gasteiger partial charge < -0.3 is 13.6 Å². The highest BCUT2D eigenvalue weighted by molar-refractivity contribution is 7.86. The molecule has 0 aliphatic carbocycles. The zero-order chi connectivity index (χ0) is 19.4. The van der Waals surface area contributed by atoms with Gasteiger partial charge in [0.05, 0.1) is 23.5 Å². The number of benzene rings is 1. The van der Waals surface area contributed by atoms with Crippen molar-refractivity contribution in [1.82, 2.24) is 0 Å². The molecule has 0 spiro atoms. The normalized spacial score (nSPS) is 21.2. The predicted molar refractivity (Wildman–Crippen MR) is 101 cm³/mol. The van der Waals surface area contributed by atoms with E-state index in [0.717, 1.165) is 6.26 Å². The summed E-state index contributed by atoms with van der Waals surface area (Å²) >= 11 is 0. The summed E-state index contributed by atoms with van der Waals surface area (Å²) in [5.74, 6) is -0.116. The van der Waals surface area contributed by atoms with Gasteiger partial charge >= 0.3 is 10.1 Å². The molecule has 6 nitrogen and oxygen atoms in total. The Kier molecular flexibility index (Phi) is 4.67. The first kappa shape index (κ1) is 20.0. The van der Waals surface area contributed by atoms with Crippen LogP contribution in [0.25, 0.3) is 0 Å². The first-order valence-electron chi connectivity index (χ1n) is 8.02. The Labute approximate surface area is 150 Å². The molecule has 1 aliphatic heterocycles. The van der Waals surface area contributed by atoms with Crippen molar-refractivity contribution < 1.29 is 22.0 Å². The van der Waals surface area contributed by atoms with Crippen LogP contribution >= 0.6 is 7.14 Å². The molecule has 0 saturated carbocycles. The number of carbonyl (C=O) groups is 1. The number of nitrogens with zero attached hydrogens (tertiary/aromatic N) is 1. The summed E-state index contributed by atoms with van der Waals surface area (Å²) in [6.45, 7) is 10.9. The third-order valence-electron chi connectivity index (χ3n) is 4.18. The van der Waals surface area contributed by atoms with Crippen LogP contribution < -0.4 is 14.4 Å². The molecule has 0 saturated heterocycles. The van der Waals surface area contributed by atoms with E-state index >= 15 is 0 Å². The highest BCUT2D eigenvalue weighted by Gasteiger charge is 2.51. The molecule has 2 rings (SSSR count). The molecule has 1 unspecified atom stereocenters. The number of fused-ring (bicyclic) bond motifs is 1. The second-order valence-electron chi connectivity index (χ2n) is 8.45. The molecule has 1 heterocycles. The fraction of sp³-hybridized carbons (Fsp3) is 0.588. The van der Waals surface area contributed by atoms with E-state index in [2.05, 4.69) is 0 Å². The Balaban J connectivity index is 2.76. The van der Waals surface area contributed by atoms with Crippen molar-refractivity contribution in [2.45, 2.75) is 46.7 Å². The van der Waals surface area contributed by atoms with E-state index in [1.807, 2.05) is 20.8 Å². The minimum atomic E-state index is -3.79. The summed E-state index contributed by atoms with van der Waals surface area (Å²) in [5, 5.41) is -0.309. The van der Waals surface area contributed by atoms with Crippen LogP contribution in [0.2, 0.25) is 0 Å². The number of hydrogen-bond acceptors (Lipinski definition) is 5. The zero-order valence-corrected chi connectivity index (χ0v) is 17.5. The maximum Gasteiger partial charge on any atom is 0.306 e. The van der Waals surface area contributed by atoms with Crippen molar-refractivity contribution in [2.75, 3.05) is 17.4 Å². The van der Waals surface area contributed by atoms with Crippen LogP contribution in [0.4, 0.5) is 5.69 Å². The van der Waals surface area contributed by atoms with Crippen molar-refractivity contribution >= 4 is 34.2 Å². The molecule has 0 radical (unpaired) electrons. The van der Waals surface area contributed by atoms with Crippen molar-refractivity contribution in [3.05, 3.63) is 18.2 Å². The smallest absolute Gasteiger partial charge is 0.306 e. The summed E-state index contributed by atoms with van der Waals surface area (Å²) in [5.41, 5.74) is -0.183. The van der Waals surface area contributed by atoms with Crippen LogP contribution in [0.5, 0.6) is 5.75 Å². The van der Waals surface area contributed by atoms with Gasteiger partial charge in [-0.3, -0.25) is 4.79 Å². The Bertz CT molecular complexity index is 862. The average molecular weight is 387 g/mol. The Morgan fingerprint density at radius 2 is 1.72 bits per heavy atom. The first-order chi connectivity index (χ1) is 11.1. The third kappa shape index (κ3) is 3.63. The van der Waals surface area contributed by atoms with Gasteiger partial charge in [0, 0.05) is 10.6 Å². The van der Waals surface area contributed by atoms with E-state index in [1.54, 1.807) is 32.9 Å². The molecule has 25 heavy (non-hydrogen) atoms. The highest BCUT2D eigenvalue weighted by atomic mass is 32.2. The molecule has 0 N–H and O–H groups in total. The van der Waals surface area contributed by atoms with E-state index in [0.29, 0.717) is 11.0 Å². The molecule has 1 aliphatic rings. The fourth-order valence-electron chi connectivity index (χ4n) is 2.79. The van der Waals surface area contributed by atoms with Crippen LogP contribution in [-0.4, -0.2) is 32.0 Å². The quantitative estimate of drug-likeness (QED) is 0.575. The SMILES string of the molecule is CC(C)(C)C(=O)N1CP(=O)(C(C)(C)C)c2c(OS(C)(=O)=O)cccc21. The van der Waals surface area contributed by atoms with Crippen molar-refractivity contribution in [1.29, 1.82) is 0 Å². The van der Waals surface area contributed by atoms with Crippen LogP contribution in [0.3, 0.4) is 0 Å². The lowest BCUT2D eigenvalue weighted by Gasteiger charge is -2.30. The molecule has 0 fully saturated rings. The minimum absolute atomic E-state index is 0.0440. The van der Waals surface area contributed by atoms with Gasteiger partial charge in [-0.25, -0.2) is 0 Å². The van der Waals surface area contributed by atoms with Crippen LogP contribution in [0, 0.1) is 5.41 Å². The predicted octanol–water partition coefficient (Wildman–Crippen LogP) is 3.16. The van der Waals surface area contributed by atoms with Gasteiger partial charge in [0.1, 0.15) is 7.14 Å². The van der Waals surface area contributed by atoms with E-state index in [-0.39, 0.29) is 17.9 Å². The lowest BCUT2D eigenvalue weighted by molar-refractivity contribution is -0.125. The summed E-state index contributed by atoms with van der Waals surface area (Å²) < 4.78 is 42.3. The van der Waals surface area contributed by atoms with Crippen LogP contribution in [0.15, 0.2) is 18.2 Å². The average Bonchev–Trinajstić information content (AvgIpc) is 2.70. The summed E-state index contributed by atoms with van der Waals surface area (Å²) in [6.07, 6.45) is 0.994. The van der Waals surface area contributed by atoms with Crippen LogP contribution in [-0.2, 0) is 19.5 Å². The van der Waals surface area contributed by atoms with Gasteiger partial charge in [-0.05, 0) is 12.1 Å². The maximum atomic E-state index is 13.9. The molecule has 1 aromatic carbocycles. The number of anilines is 1. The molecule has 0 aromatic heterocycles. The lowest BCUT2D eigenvalue weighted by atomic mass is 9.95. The maximum absolute atomic E-state index is 13.9. The second kappa shape index (κ2) is 5.85. The molecule has 140 valence electrons. The van der Waals surface area contributed by atoms with Gasteiger partial charge in [0.2, 0.25) is 5.91 Å². The summed E-state index contributed by atoms with van der Waals surface area (Å²) in [4.78, 5) is 14.4. The first-order valence-corrected chi connectivity index (χ1v) is 11.7. The monoisotopic (exact) mass is 387 g/mol. The van der Waals surface area contributed by atoms with Gasteiger partial charge in [0.15, 0.2) is 5.75 Å². The van der Waals surface area contributed by atoms with E-state index < -0.39 is 27.8 Å². The standard InChI is InChI=1S/C17H26NO5PS/c1-16(2,3)15(19)18-11-24(20,17(4,5)6)14-12(18)9-8-10-13(14)23-25(7,21)22/h8-10H,11H2,1-7H3. The summed E-state index contributed by atoms with van der Waals surface area (Å²) in [7, 11) is -6.92. The van der Waals surface area contributed by atoms with Crippen molar-refractivity contribution in [3.8, 4) is 5.75 Å². The van der Waals surface area contributed by atoms with Crippen molar-refractivity contribution in [2.24, 2.45) is 5.41 Å². The van der Waals surface area contributed by atoms with Crippen LogP contribution in [0.1, 0.15) is 41.5 Å². The Morgan fingerprint density at radius 3 is 2.16 bits per heavy atom. The molecule has 1 atom stereocenters. The molecule has 1 aromatic rings. The second-order valence-corrected chi connectivity index (χ2v) is 13.6. The fourth-order valence-corrected chi connectivity index (χ4v) is 6.28. The molecule has 8 heteroatoms. The van der Waals surface area contributed by atoms with Gasteiger partial charge in [-0.2, -0.15) is 8.42 Å². The largest absolute Gasteiger partial charge is 0.382 e. The molecular weight excluding hydrogens is 361 g/mol. The minimum Gasteiger partial charge on any atom is -0.382 e. The number of amides is 1. The number of carbonyl (C=O) groups excluding carboxylic acids is 1. The topological polar surface area (TPSA) is 80.8 Å². The van der Waals surface area contributed by atoms with E-state index in [4.69, 9.17) is 4.18 Å². The Hall–Kier alpha value is -1.33. The van der Waals surface area contributed by atoms with Gasteiger partial charge in [0.25, 0.3) is 0 Å². The van der Waals surface area contributed by atoms with Gasteiger partial charge in [-0.1, -0.05) is 47.6 Å². The number of hydrogen-bond donors (Lipinski definition) is 0. The van der Waals surface area contributed by atoms with Gasteiger partial charge in [-0.15, -0.1) is 0 Å². The lowest BCUT2D eigenvalue weighted by Crippen LogP contribution is -2.38. The third-order valence-corrected chi connectivity index (χ3v) is 8.68. The number of rotatable bonds is 2.